The molecule has 2 heterocycles. The maximum atomic E-state index is 14.2. The van der Waals surface area contributed by atoms with Crippen LogP contribution in [0.25, 0.3) is 0 Å². The van der Waals surface area contributed by atoms with E-state index in [0.29, 0.717) is 4.88 Å². The molecule has 1 unspecified atom stereocenters. The monoisotopic (exact) mass is 888 g/mol. The van der Waals surface area contributed by atoms with E-state index in [4.69, 9.17) is 9.47 Å². The number of phosphoric acid groups is 1. The van der Waals surface area contributed by atoms with Crippen LogP contribution in [0.4, 0.5) is 9.59 Å². The molecule has 15 nitrogen and oxygen atoms in total. The van der Waals surface area contributed by atoms with Crippen molar-refractivity contribution in [2.75, 3.05) is 7.05 Å². The molecule has 5 atom stereocenters. The Balaban J connectivity index is 0.00000600. The van der Waals surface area contributed by atoms with E-state index in [9.17, 15) is 28.7 Å². The number of urea groups is 1. The normalized spacial score (nSPS) is 13.9. The number of hydrogen-bond donors (Lipinski definition) is 3. The van der Waals surface area contributed by atoms with E-state index in [2.05, 4.69) is 44.3 Å². The van der Waals surface area contributed by atoms with Crippen LogP contribution >= 0.6 is 30.5 Å². The summed E-state index contributed by atoms with van der Waals surface area (Å²) in [6.45, 7) is 9.21. The van der Waals surface area contributed by atoms with Crippen molar-refractivity contribution in [3.8, 4) is 0 Å². The molecule has 4 amide bonds. The van der Waals surface area contributed by atoms with E-state index in [1.54, 1.807) is 18.8 Å². The number of thiazole rings is 2. The molecule has 310 valence electrons. The first-order valence-electron chi connectivity index (χ1n) is 18.6. The van der Waals surface area contributed by atoms with Gasteiger partial charge in [-0.2, -0.15) is 0 Å². The summed E-state index contributed by atoms with van der Waals surface area (Å²) in [7, 11) is -3.85. The molecule has 0 aliphatic carbocycles. The minimum atomic E-state index is -5.48. The second-order valence-corrected chi connectivity index (χ2v) is 17.2. The first-order chi connectivity index (χ1) is 27.1. The molecule has 59 heavy (non-hydrogen) atoms. The zero-order valence-corrected chi connectivity index (χ0v) is 41.4. The molecule has 4 rings (SSSR count). The van der Waals surface area contributed by atoms with Gasteiger partial charge in [-0.25, -0.2) is 14.6 Å². The van der Waals surface area contributed by atoms with E-state index >= 15 is 0 Å². The molecule has 0 aliphatic rings. The summed E-state index contributed by atoms with van der Waals surface area (Å²) in [6.07, 6.45) is -1.31. The molecular formula is C39H51N6Na2O9PS2. The average Bonchev–Trinajstić information content (AvgIpc) is 3.85. The van der Waals surface area contributed by atoms with Gasteiger partial charge in [0, 0.05) is 30.6 Å². The number of carbonyl (C=O) groups is 3. The summed E-state index contributed by atoms with van der Waals surface area (Å²) in [5, 5.41) is 11.7. The van der Waals surface area contributed by atoms with Crippen molar-refractivity contribution in [2.45, 2.75) is 103 Å². The number of alkyl carbamates (subject to hydrolysis) is 1. The first-order valence-corrected chi connectivity index (χ1v) is 21.8. The number of aromatic nitrogens is 2. The Kier molecular flexibility index (Phi) is 23.6. The van der Waals surface area contributed by atoms with Crippen molar-refractivity contribution in [1.82, 2.24) is 30.8 Å². The van der Waals surface area contributed by atoms with Crippen LogP contribution in [0.15, 0.2) is 77.8 Å². The Labute approximate surface area is 398 Å². The van der Waals surface area contributed by atoms with Gasteiger partial charge in [0.1, 0.15) is 12.6 Å². The van der Waals surface area contributed by atoms with Crippen LogP contribution in [0.1, 0.15) is 73.7 Å². The maximum absolute atomic E-state index is 14.2. The Morgan fingerprint density at radius 1 is 0.881 bits per heavy atom. The third-order valence-corrected chi connectivity index (χ3v) is 11.3. The molecule has 2 aromatic heterocycles. The topological polar surface area (TPSA) is 207 Å². The number of hydrogen-bond acceptors (Lipinski definition) is 13. The van der Waals surface area contributed by atoms with Crippen LogP contribution in [-0.4, -0.2) is 70.5 Å². The summed E-state index contributed by atoms with van der Waals surface area (Å²) in [5.74, 6) is -0.531. The third kappa shape index (κ3) is 19.2. The van der Waals surface area contributed by atoms with Gasteiger partial charge >= 0.3 is 71.2 Å². The van der Waals surface area contributed by atoms with Crippen molar-refractivity contribution in [3.63, 3.8) is 0 Å². The molecular weight excluding hydrogens is 838 g/mol. The van der Waals surface area contributed by atoms with Crippen LogP contribution in [0.2, 0.25) is 0 Å². The molecule has 0 fully saturated rings. The predicted molar refractivity (Wildman–Crippen MR) is 214 cm³/mol. The van der Waals surface area contributed by atoms with Crippen LogP contribution in [-0.2, 0) is 49.4 Å². The van der Waals surface area contributed by atoms with E-state index in [1.807, 2.05) is 79.9 Å². The van der Waals surface area contributed by atoms with Gasteiger partial charge in [0.25, 0.3) is 0 Å². The summed E-state index contributed by atoms with van der Waals surface area (Å²) in [5.41, 5.74) is 4.03. The van der Waals surface area contributed by atoms with Crippen molar-refractivity contribution in [1.29, 1.82) is 0 Å². The molecule has 0 bridgehead atoms. The standard InChI is InChI=1S/C39H53N6O9PS2.2Na/c1-25(2)35(44-38(47)45(6)21-31-23-56-37(42-31)26(3)4)36(46)41-30(17-28-13-9-7-10-14-28)19-34(53-27(5)54-55(49,50)51)33(18-29-15-11-8-12-16-29)43-39(48)52-22-32-20-40-24-57-32;;/h7-16,20,23-27,30,33-35H,17-19,21-22H2,1-6H3,(H,41,46)(H,43,48)(H,44,47)(H2,49,50,51);;/q;2*+1/p-2/t27?,30-,33-,34-,35-;;/m0../s1. The molecule has 20 heteroatoms. The van der Waals surface area contributed by atoms with Crippen molar-refractivity contribution >= 4 is 48.5 Å². The zero-order chi connectivity index (χ0) is 41.5. The van der Waals surface area contributed by atoms with Gasteiger partial charge in [-0.15, -0.1) is 22.7 Å². The second kappa shape index (κ2) is 26.3. The summed E-state index contributed by atoms with van der Waals surface area (Å²) in [6, 6.07) is 15.6. The van der Waals surface area contributed by atoms with Gasteiger partial charge < -0.3 is 49.2 Å². The zero-order valence-electron chi connectivity index (χ0n) is 34.9. The smallest absolute Gasteiger partial charge is 0.790 e. The van der Waals surface area contributed by atoms with Crippen LogP contribution in [0, 0.1) is 5.92 Å². The fourth-order valence-corrected chi connectivity index (χ4v) is 7.72. The van der Waals surface area contributed by atoms with Crippen molar-refractivity contribution < 1.29 is 102 Å². The number of rotatable bonds is 21. The van der Waals surface area contributed by atoms with E-state index in [-0.39, 0.29) is 103 Å². The summed E-state index contributed by atoms with van der Waals surface area (Å²) < 4.78 is 27.9. The fraction of sp³-hybridized carbons (Fsp3) is 0.462. The largest absolute Gasteiger partial charge is 1.00 e. The van der Waals surface area contributed by atoms with Crippen molar-refractivity contribution in [3.05, 3.63) is 104 Å². The predicted octanol–water partition coefficient (Wildman–Crippen LogP) is -0.871. The van der Waals surface area contributed by atoms with Gasteiger partial charge in [-0.05, 0) is 43.2 Å². The second-order valence-electron chi connectivity index (χ2n) is 14.3. The number of carbonyl (C=O) groups excluding carboxylic acids is 3. The number of nitrogens with zero attached hydrogens (tertiary/aromatic N) is 3. The van der Waals surface area contributed by atoms with E-state index in [0.717, 1.165) is 21.8 Å². The van der Waals surface area contributed by atoms with Gasteiger partial charge in [0.05, 0.1) is 47.6 Å². The molecule has 0 saturated carbocycles. The maximum Gasteiger partial charge on any atom is 1.00 e. The van der Waals surface area contributed by atoms with Gasteiger partial charge in [0.2, 0.25) is 5.91 Å². The molecule has 4 aromatic rings. The van der Waals surface area contributed by atoms with E-state index in [1.165, 1.54) is 34.5 Å². The minimum absolute atomic E-state index is 0. The number of amides is 4. The Morgan fingerprint density at radius 2 is 1.51 bits per heavy atom. The molecule has 0 saturated heterocycles. The number of benzene rings is 2. The average molecular weight is 889 g/mol. The Hall–Kier alpha value is -2.22. The van der Waals surface area contributed by atoms with Gasteiger partial charge in [-0.1, -0.05) is 88.4 Å². The van der Waals surface area contributed by atoms with Crippen LogP contribution in [0.3, 0.4) is 0 Å². The van der Waals surface area contributed by atoms with Gasteiger partial charge in [-0.3, -0.25) is 9.78 Å². The fourth-order valence-electron chi connectivity index (χ4n) is 5.97. The number of ether oxygens (including phenoxy) is 2. The Morgan fingerprint density at radius 3 is 2.05 bits per heavy atom. The van der Waals surface area contributed by atoms with E-state index < -0.39 is 56.4 Å². The molecule has 0 radical (unpaired) electrons. The third-order valence-electron chi connectivity index (χ3n) is 8.75. The minimum Gasteiger partial charge on any atom is -0.790 e. The quantitative estimate of drug-likeness (QED) is 0.0533. The first kappa shape index (κ1) is 52.9. The molecule has 2 aromatic carbocycles. The van der Waals surface area contributed by atoms with Crippen LogP contribution < -0.4 is 84.9 Å². The number of phosphoric ester groups is 1. The number of nitrogens with one attached hydrogen (secondary N) is 3. The Bertz CT molecular complexity index is 1890. The van der Waals surface area contributed by atoms with Crippen molar-refractivity contribution in [2.24, 2.45) is 5.92 Å². The molecule has 3 N–H and O–H groups in total. The van der Waals surface area contributed by atoms with Crippen LogP contribution in [0.5, 0.6) is 0 Å². The summed E-state index contributed by atoms with van der Waals surface area (Å²) in [4.78, 5) is 75.0. The molecule has 0 spiro atoms. The molecule has 0 aliphatic heterocycles. The van der Waals surface area contributed by atoms with Gasteiger partial charge in [0.15, 0.2) is 6.29 Å². The SMILES string of the molecule is CC(O[C@@H](C[C@H](Cc1ccccc1)NC(=O)[C@@H](NC(=O)N(C)Cc1csc(C(C)C)n1)C(C)C)[C@H](Cc1ccccc1)NC(=O)OCc1cncs1)OP(=O)([O-])[O-].[Na+].[Na+]. The summed E-state index contributed by atoms with van der Waals surface area (Å²) >= 11 is 2.85.